The molecular weight excluding hydrogens is 355 g/mol. The van der Waals surface area contributed by atoms with Gasteiger partial charge in [-0.2, -0.15) is 5.10 Å². The van der Waals surface area contributed by atoms with E-state index in [0.29, 0.717) is 11.6 Å². The van der Waals surface area contributed by atoms with E-state index >= 15 is 0 Å². The van der Waals surface area contributed by atoms with Crippen molar-refractivity contribution in [3.05, 3.63) is 60.0 Å². The summed E-state index contributed by atoms with van der Waals surface area (Å²) in [6, 6.07) is 12.6. The van der Waals surface area contributed by atoms with Crippen molar-refractivity contribution < 1.29 is 9.18 Å². The number of nitrogens with one attached hydrogen (secondary N) is 1. The topological polar surface area (TPSA) is 50.2 Å². The fourth-order valence-corrected chi connectivity index (χ4v) is 4.52. The third kappa shape index (κ3) is 3.12. The molecule has 0 spiro atoms. The molecule has 2 fully saturated rings. The number of hydrogen-bond acceptors (Lipinski definition) is 4. The van der Waals surface area contributed by atoms with E-state index in [1.807, 2.05) is 30.5 Å². The molecule has 2 aliphatic rings. The fraction of sp³-hybridized carbons (Fsp3) is 0.364. The third-order valence-corrected chi connectivity index (χ3v) is 5.99. The summed E-state index contributed by atoms with van der Waals surface area (Å²) in [6.45, 7) is 3.03. The first-order valence-electron chi connectivity index (χ1n) is 9.95. The normalized spacial score (nSPS) is 22.9. The molecule has 0 radical (unpaired) electrons. The number of rotatable bonds is 4. The van der Waals surface area contributed by atoms with Gasteiger partial charge in [0.15, 0.2) is 5.78 Å². The van der Waals surface area contributed by atoms with E-state index in [9.17, 15) is 9.18 Å². The van der Waals surface area contributed by atoms with Crippen LogP contribution in [0.25, 0.3) is 16.6 Å². The van der Waals surface area contributed by atoms with Crippen molar-refractivity contribution in [2.24, 2.45) is 0 Å². The van der Waals surface area contributed by atoms with Crippen molar-refractivity contribution in [2.75, 3.05) is 19.6 Å². The zero-order chi connectivity index (χ0) is 19.1. The Labute approximate surface area is 163 Å². The first kappa shape index (κ1) is 17.5. The number of fused-ring (bicyclic) bond motifs is 1. The van der Waals surface area contributed by atoms with Gasteiger partial charge in [-0.3, -0.25) is 9.69 Å². The van der Waals surface area contributed by atoms with E-state index < -0.39 is 0 Å². The van der Waals surface area contributed by atoms with Crippen LogP contribution in [0.1, 0.15) is 29.6 Å². The van der Waals surface area contributed by atoms with Crippen LogP contribution in [0.4, 0.5) is 4.39 Å². The largest absolute Gasteiger partial charge is 0.315 e. The molecule has 3 heterocycles. The van der Waals surface area contributed by atoms with Gasteiger partial charge in [-0.05, 0) is 68.8 Å². The molecule has 0 bridgehead atoms. The van der Waals surface area contributed by atoms with E-state index in [-0.39, 0.29) is 17.6 Å². The summed E-state index contributed by atoms with van der Waals surface area (Å²) in [5, 5.41) is 8.72. The summed E-state index contributed by atoms with van der Waals surface area (Å²) in [7, 11) is 0. The predicted molar refractivity (Wildman–Crippen MR) is 106 cm³/mol. The molecule has 0 aliphatic carbocycles. The van der Waals surface area contributed by atoms with Crippen molar-refractivity contribution in [1.29, 1.82) is 0 Å². The highest BCUT2D eigenvalue weighted by molar-refractivity contribution is 6.00. The lowest BCUT2D eigenvalue weighted by Gasteiger charge is -2.29. The van der Waals surface area contributed by atoms with Gasteiger partial charge >= 0.3 is 0 Å². The standard InChI is InChI=1S/C22H23FN4O/c23-17-6-3-16-14-27(25-20(16)12-17)18-7-4-15(5-8-18)22(28)21-2-1-11-26(21)19-9-10-24-13-19/h3-8,12,14,19,21,24H,1-2,9-11,13H2/t19-,21+/m0/s1. The lowest BCUT2D eigenvalue weighted by Crippen LogP contribution is -2.44. The second kappa shape index (κ2) is 7.11. The Kier molecular flexibility index (Phi) is 4.45. The minimum Gasteiger partial charge on any atom is -0.315 e. The van der Waals surface area contributed by atoms with Crippen LogP contribution in [-0.4, -0.2) is 52.2 Å². The Hall–Kier alpha value is -2.57. The lowest BCUT2D eigenvalue weighted by atomic mass is 10.0. The Morgan fingerprint density at radius 2 is 2.00 bits per heavy atom. The van der Waals surface area contributed by atoms with Crippen LogP contribution in [0.2, 0.25) is 0 Å². The van der Waals surface area contributed by atoms with Crippen molar-refractivity contribution in [3.8, 4) is 5.69 Å². The minimum atomic E-state index is -0.294. The average molecular weight is 378 g/mol. The number of aromatic nitrogens is 2. The number of hydrogen-bond donors (Lipinski definition) is 1. The van der Waals surface area contributed by atoms with E-state index in [1.165, 1.54) is 12.1 Å². The van der Waals surface area contributed by atoms with E-state index in [0.717, 1.165) is 55.5 Å². The van der Waals surface area contributed by atoms with Crippen molar-refractivity contribution in [3.63, 3.8) is 0 Å². The van der Waals surface area contributed by atoms with Gasteiger partial charge in [0.05, 0.1) is 17.2 Å². The molecule has 6 heteroatoms. The minimum absolute atomic E-state index is 0.00832. The number of halogens is 1. The molecule has 2 aliphatic heterocycles. The highest BCUT2D eigenvalue weighted by Gasteiger charge is 2.36. The molecule has 0 amide bonds. The lowest BCUT2D eigenvalue weighted by molar-refractivity contribution is 0.0826. The Bertz CT molecular complexity index is 1010. The molecule has 1 N–H and O–H groups in total. The van der Waals surface area contributed by atoms with E-state index in [4.69, 9.17) is 0 Å². The Morgan fingerprint density at radius 3 is 2.79 bits per heavy atom. The second-order valence-corrected chi connectivity index (χ2v) is 7.73. The van der Waals surface area contributed by atoms with Gasteiger partial charge in [0, 0.05) is 35.8 Å². The van der Waals surface area contributed by atoms with Gasteiger partial charge in [-0.25, -0.2) is 9.07 Å². The number of Topliss-reactive ketones (excluding diaryl/α,β-unsaturated/α-hetero) is 1. The van der Waals surface area contributed by atoms with Crippen molar-refractivity contribution in [1.82, 2.24) is 20.0 Å². The summed E-state index contributed by atoms with van der Waals surface area (Å²) < 4.78 is 15.1. The molecule has 2 saturated heterocycles. The van der Waals surface area contributed by atoms with Crippen LogP contribution in [0.5, 0.6) is 0 Å². The van der Waals surface area contributed by atoms with Crippen molar-refractivity contribution >= 4 is 16.7 Å². The second-order valence-electron chi connectivity index (χ2n) is 7.73. The number of benzene rings is 2. The Morgan fingerprint density at radius 1 is 1.14 bits per heavy atom. The number of carbonyl (C=O) groups excluding carboxylic acids is 1. The number of carbonyl (C=O) groups is 1. The maximum Gasteiger partial charge on any atom is 0.179 e. The van der Waals surface area contributed by atoms with Crippen LogP contribution in [0.15, 0.2) is 48.7 Å². The first-order chi connectivity index (χ1) is 13.7. The third-order valence-electron chi connectivity index (χ3n) is 5.99. The molecule has 3 aromatic rings. The van der Waals surface area contributed by atoms with Gasteiger partial charge in [-0.15, -0.1) is 0 Å². The van der Waals surface area contributed by atoms with E-state index in [1.54, 1.807) is 10.7 Å². The van der Waals surface area contributed by atoms with Gasteiger partial charge < -0.3 is 5.32 Å². The van der Waals surface area contributed by atoms with Crippen LogP contribution >= 0.6 is 0 Å². The Balaban J connectivity index is 1.37. The molecular formula is C22H23FN4O. The average Bonchev–Trinajstić information content (AvgIpc) is 3.46. The van der Waals surface area contributed by atoms with Crippen LogP contribution in [0.3, 0.4) is 0 Å². The van der Waals surface area contributed by atoms with Crippen LogP contribution in [-0.2, 0) is 0 Å². The smallest absolute Gasteiger partial charge is 0.179 e. The molecule has 2 aromatic carbocycles. The van der Waals surface area contributed by atoms with E-state index in [2.05, 4.69) is 15.3 Å². The molecule has 5 nitrogen and oxygen atoms in total. The monoisotopic (exact) mass is 378 g/mol. The van der Waals surface area contributed by atoms with Gasteiger partial charge in [0.1, 0.15) is 5.82 Å². The summed E-state index contributed by atoms with van der Waals surface area (Å²) in [6.07, 6.45) is 5.02. The zero-order valence-electron chi connectivity index (χ0n) is 15.6. The molecule has 28 heavy (non-hydrogen) atoms. The highest BCUT2D eigenvalue weighted by Crippen LogP contribution is 2.26. The van der Waals surface area contributed by atoms with Gasteiger partial charge in [0.2, 0.25) is 0 Å². The van der Waals surface area contributed by atoms with Gasteiger partial charge in [-0.1, -0.05) is 0 Å². The number of ketones is 1. The quantitative estimate of drug-likeness (QED) is 0.709. The SMILES string of the molecule is O=C(c1ccc(-n2cc3ccc(F)cc3n2)cc1)[C@H]1CCCN1[C@H]1CCNC1. The number of likely N-dealkylation sites (tertiary alicyclic amines) is 1. The predicted octanol–water partition coefficient (Wildman–Crippen LogP) is 3.17. The summed E-state index contributed by atoms with van der Waals surface area (Å²) in [5.41, 5.74) is 2.22. The molecule has 0 unspecified atom stereocenters. The molecule has 0 saturated carbocycles. The van der Waals surface area contributed by atoms with Crippen LogP contribution in [0, 0.1) is 5.82 Å². The fourth-order valence-electron chi connectivity index (χ4n) is 4.52. The molecule has 2 atom stereocenters. The van der Waals surface area contributed by atoms with Crippen molar-refractivity contribution in [2.45, 2.75) is 31.3 Å². The highest BCUT2D eigenvalue weighted by atomic mass is 19.1. The molecule has 144 valence electrons. The summed E-state index contributed by atoms with van der Waals surface area (Å²) in [5.74, 6) is -0.0825. The number of nitrogens with zero attached hydrogens (tertiary/aromatic N) is 3. The molecule has 1 aromatic heterocycles. The van der Waals surface area contributed by atoms with Crippen LogP contribution < -0.4 is 5.32 Å². The molecule has 5 rings (SSSR count). The summed E-state index contributed by atoms with van der Waals surface area (Å²) in [4.78, 5) is 15.5. The van der Waals surface area contributed by atoms with Gasteiger partial charge in [0.25, 0.3) is 0 Å². The maximum atomic E-state index is 13.4. The maximum absolute atomic E-state index is 13.4. The zero-order valence-corrected chi connectivity index (χ0v) is 15.6. The first-order valence-corrected chi connectivity index (χ1v) is 9.95. The summed E-state index contributed by atoms with van der Waals surface area (Å²) >= 11 is 0.